The fourth-order valence-electron chi connectivity index (χ4n) is 2.08. The molecule has 102 valence electrons. The predicted molar refractivity (Wildman–Crippen MR) is 73.4 cm³/mol. The zero-order valence-electron chi connectivity index (χ0n) is 11.8. The molecule has 0 aliphatic rings. The predicted octanol–water partition coefficient (Wildman–Crippen LogP) is 3.19. The zero-order chi connectivity index (χ0) is 13.6. The van der Waals surface area contributed by atoms with Crippen LogP contribution in [0.4, 0.5) is 0 Å². The number of hydrogen-bond acceptors (Lipinski definition) is 3. The van der Waals surface area contributed by atoms with E-state index in [4.69, 9.17) is 9.47 Å². The van der Waals surface area contributed by atoms with Gasteiger partial charge in [0.15, 0.2) is 11.5 Å². The van der Waals surface area contributed by atoms with Crippen LogP contribution in [0.3, 0.4) is 0 Å². The fraction of sp³-hybridized carbons (Fsp3) is 0.600. The van der Waals surface area contributed by atoms with E-state index in [-0.39, 0.29) is 0 Å². The van der Waals surface area contributed by atoms with Crippen LogP contribution in [-0.2, 0) is 6.42 Å². The summed E-state index contributed by atoms with van der Waals surface area (Å²) in [5.41, 5.74) is 0.407. The van der Waals surface area contributed by atoms with Crippen LogP contribution in [-0.4, -0.2) is 24.9 Å². The SMILES string of the molecule is CCCCC(C)(O)Cc1ccc(OC)c(OC)c1. The van der Waals surface area contributed by atoms with Crippen LogP contribution >= 0.6 is 0 Å². The highest BCUT2D eigenvalue weighted by atomic mass is 16.5. The molecule has 0 bridgehead atoms. The number of hydrogen-bond donors (Lipinski definition) is 1. The van der Waals surface area contributed by atoms with Crippen LogP contribution in [0.5, 0.6) is 11.5 Å². The Balaban J connectivity index is 2.78. The van der Waals surface area contributed by atoms with Gasteiger partial charge in [-0.1, -0.05) is 25.8 Å². The standard InChI is InChI=1S/C15H24O3/c1-5-6-9-15(2,16)11-12-7-8-13(17-3)14(10-12)18-4/h7-8,10,16H,5-6,9,11H2,1-4H3. The van der Waals surface area contributed by atoms with Crippen LogP contribution in [0, 0.1) is 0 Å². The molecule has 1 N–H and O–H groups in total. The Hall–Kier alpha value is -1.22. The molecule has 1 atom stereocenters. The average molecular weight is 252 g/mol. The van der Waals surface area contributed by atoms with E-state index >= 15 is 0 Å². The van der Waals surface area contributed by atoms with Crippen molar-refractivity contribution in [3.63, 3.8) is 0 Å². The summed E-state index contributed by atoms with van der Waals surface area (Å²) in [5.74, 6) is 1.43. The minimum atomic E-state index is -0.657. The lowest BCUT2D eigenvalue weighted by atomic mass is 9.91. The van der Waals surface area contributed by atoms with Gasteiger partial charge in [-0.3, -0.25) is 0 Å². The van der Waals surface area contributed by atoms with Gasteiger partial charge < -0.3 is 14.6 Å². The Morgan fingerprint density at radius 1 is 1.17 bits per heavy atom. The number of rotatable bonds is 7. The van der Waals surface area contributed by atoms with Crippen molar-refractivity contribution in [2.75, 3.05) is 14.2 Å². The summed E-state index contributed by atoms with van der Waals surface area (Å²) in [4.78, 5) is 0. The number of methoxy groups -OCH3 is 2. The second-order valence-corrected chi connectivity index (χ2v) is 4.97. The van der Waals surface area contributed by atoms with Gasteiger partial charge in [-0.25, -0.2) is 0 Å². The number of ether oxygens (including phenoxy) is 2. The topological polar surface area (TPSA) is 38.7 Å². The van der Waals surface area contributed by atoms with Gasteiger partial charge in [0, 0.05) is 6.42 Å². The van der Waals surface area contributed by atoms with Gasteiger partial charge in [-0.15, -0.1) is 0 Å². The fourth-order valence-corrected chi connectivity index (χ4v) is 2.08. The van der Waals surface area contributed by atoms with Crippen LogP contribution in [0.15, 0.2) is 18.2 Å². The summed E-state index contributed by atoms with van der Waals surface area (Å²) in [5, 5.41) is 10.3. The van der Waals surface area contributed by atoms with E-state index < -0.39 is 5.60 Å². The first kappa shape index (κ1) is 14.8. The second-order valence-electron chi connectivity index (χ2n) is 4.97. The van der Waals surface area contributed by atoms with Crippen LogP contribution in [0.2, 0.25) is 0 Å². The maximum Gasteiger partial charge on any atom is 0.160 e. The van der Waals surface area contributed by atoms with Crippen molar-refractivity contribution in [1.29, 1.82) is 0 Å². The highest BCUT2D eigenvalue weighted by Gasteiger charge is 2.20. The molecule has 0 amide bonds. The Morgan fingerprint density at radius 3 is 2.39 bits per heavy atom. The molecule has 0 aliphatic carbocycles. The third-order valence-corrected chi connectivity index (χ3v) is 3.10. The van der Waals surface area contributed by atoms with E-state index in [1.807, 2.05) is 25.1 Å². The Kier molecular flexibility index (Phi) is 5.48. The lowest BCUT2D eigenvalue weighted by Crippen LogP contribution is -2.26. The smallest absolute Gasteiger partial charge is 0.160 e. The molecule has 0 spiro atoms. The van der Waals surface area contributed by atoms with Gasteiger partial charge >= 0.3 is 0 Å². The number of aliphatic hydroxyl groups is 1. The van der Waals surface area contributed by atoms with Gasteiger partial charge in [0.2, 0.25) is 0 Å². The third-order valence-electron chi connectivity index (χ3n) is 3.10. The first-order chi connectivity index (χ1) is 8.52. The number of unbranched alkanes of at least 4 members (excludes halogenated alkanes) is 1. The summed E-state index contributed by atoms with van der Waals surface area (Å²) in [6, 6.07) is 5.78. The lowest BCUT2D eigenvalue weighted by molar-refractivity contribution is 0.0489. The molecule has 18 heavy (non-hydrogen) atoms. The molecule has 0 aliphatic heterocycles. The summed E-state index contributed by atoms with van der Waals surface area (Å²) in [6.45, 7) is 4.02. The molecule has 1 aromatic carbocycles. The van der Waals surface area contributed by atoms with Crippen molar-refractivity contribution in [2.24, 2.45) is 0 Å². The maximum absolute atomic E-state index is 10.3. The molecule has 0 fully saturated rings. The van der Waals surface area contributed by atoms with Crippen molar-refractivity contribution >= 4 is 0 Å². The zero-order valence-corrected chi connectivity index (χ0v) is 11.8. The molecule has 1 aromatic rings. The first-order valence-electron chi connectivity index (χ1n) is 6.45. The molecule has 0 radical (unpaired) electrons. The van der Waals surface area contributed by atoms with E-state index in [1.165, 1.54) is 0 Å². The Labute approximate surface area is 110 Å². The van der Waals surface area contributed by atoms with Gasteiger partial charge in [0.25, 0.3) is 0 Å². The molecule has 0 aromatic heterocycles. The van der Waals surface area contributed by atoms with Gasteiger partial charge in [-0.2, -0.15) is 0 Å². The lowest BCUT2D eigenvalue weighted by Gasteiger charge is -2.23. The van der Waals surface area contributed by atoms with Gasteiger partial charge in [0.05, 0.1) is 19.8 Å². The average Bonchev–Trinajstić information content (AvgIpc) is 2.35. The first-order valence-corrected chi connectivity index (χ1v) is 6.45. The van der Waals surface area contributed by atoms with Crippen molar-refractivity contribution in [3.8, 4) is 11.5 Å². The maximum atomic E-state index is 10.3. The van der Waals surface area contributed by atoms with Crippen molar-refractivity contribution in [3.05, 3.63) is 23.8 Å². The summed E-state index contributed by atoms with van der Waals surface area (Å²) in [7, 11) is 3.24. The molecule has 0 saturated carbocycles. The minimum absolute atomic E-state index is 0.632. The van der Waals surface area contributed by atoms with E-state index in [0.717, 1.165) is 30.6 Å². The van der Waals surface area contributed by atoms with Gasteiger partial charge in [0.1, 0.15) is 0 Å². The highest BCUT2D eigenvalue weighted by Crippen LogP contribution is 2.29. The van der Waals surface area contributed by atoms with Crippen LogP contribution < -0.4 is 9.47 Å². The van der Waals surface area contributed by atoms with Crippen molar-refractivity contribution in [1.82, 2.24) is 0 Å². The Morgan fingerprint density at radius 2 is 1.83 bits per heavy atom. The Bertz CT molecular complexity index is 372. The normalized spacial score (nSPS) is 14.1. The number of benzene rings is 1. The molecule has 3 nitrogen and oxygen atoms in total. The van der Waals surface area contributed by atoms with E-state index in [2.05, 4.69) is 6.92 Å². The molecule has 3 heteroatoms. The quantitative estimate of drug-likeness (QED) is 0.810. The summed E-state index contributed by atoms with van der Waals surface area (Å²) < 4.78 is 10.5. The molecule has 0 saturated heterocycles. The third kappa shape index (κ3) is 4.22. The molecular weight excluding hydrogens is 228 g/mol. The van der Waals surface area contributed by atoms with Crippen LogP contribution in [0.1, 0.15) is 38.7 Å². The van der Waals surface area contributed by atoms with E-state index in [0.29, 0.717) is 12.2 Å². The second kappa shape index (κ2) is 6.64. The van der Waals surface area contributed by atoms with Crippen molar-refractivity contribution in [2.45, 2.75) is 45.1 Å². The summed E-state index contributed by atoms with van der Waals surface area (Å²) in [6.07, 6.45) is 3.59. The van der Waals surface area contributed by atoms with Gasteiger partial charge in [-0.05, 0) is 31.0 Å². The van der Waals surface area contributed by atoms with Crippen molar-refractivity contribution < 1.29 is 14.6 Å². The van der Waals surface area contributed by atoms with E-state index in [9.17, 15) is 5.11 Å². The molecule has 0 heterocycles. The summed E-state index contributed by atoms with van der Waals surface area (Å²) >= 11 is 0. The largest absolute Gasteiger partial charge is 0.493 e. The molecule has 1 unspecified atom stereocenters. The molecular formula is C15H24O3. The van der Waals surface area contributed by atoms with Crippen LogP contribution in [0.25, 0.3) is 0 Å². The highest BCUT2D eigenvalue weighted by molar-refractivity contribution is 5.43. The monoisotopic (exact) mass is 252 g/mol. The molecule has 1 rings (SSSR count). The minimum Gasteiger partial charge on any atom is -0.493 e. The van der Waals surface area contributed by atoms with E-state index in [1.54, 1.807) is 14.2 Å².